The summed E-state index contributed by atoms with van der Waals surface area (Å²) in [4.78, 5) is 29.4. The molecule has 0 saturated heterocycles. The molecule has 3 aromatic carbocycles. The minimum absolute atomic E-state index is 0.0645. The molecule has 0 aliphatic heterocycles. The molecule has 1 aliphatic rings. The molecule has 0 spiro atoms. The highest BCUT2D eigenvalue weighted by Gasteiger charge is 2.31. The fourth-order valence-electron chi connectivity index (χ4n) is 4.96. The van der Waals surface area contributed by atoms with Gasteiger partial charge in [0.2, 0.25) is 11.8 Å². The summed E-state index contributed by atoms with van der Waals surface area (Å²) in [5, 5.41) is 4.47. The van der Waals surface area contributed by atoms with Gasteiger partial charge in [0.15, 0.2) is 0 Å². The average molecular weight is 584 g/mol. The van der Waals surface area contributed by atoms with Gasteiger partial charge in [-0.3, -0.25) is 9.59 Å². The Labute approximate surface area is 246 Å². The number of nitrogens with zero attached hydrogens (tertiary/aromatic N) is 1. The number of aryl methyl sites for hydroxylation is 1. The number of amides is 2. The van der Waals surface area contributed by atoms with E-state index in [-0.39, 0.29) is 23.6 Å². The maximum Gasteiger partial charge on any atom is 0.243 e. The van der Waals surface area contributed by atoms with Gasteiger partial charge in [-0.05, 0) is 48.6 Å². The second-order valence-electron chi connectivity index (χ2n) is 10.3. The molecule has 39 heavy (non-hydrogen) atoms. The average Bonchev–Trinajstić information content (AvgIpc) is 2.94. The Kier molecular flexibility index (Phi) is 11.2. The minimum Gasteiger partial charge on any atom is -0.352 e. The number of benzene rings is 3. The zero-order valence-corrected chi connectivity index (χ0v) is 24.7. The number of carbonyl (C=O) groups is 2. The van der Waals surface area contributed by atoms with Crippen LogP contribution >= 0.6 is 35.0 Å². The Hall–Kier alpha value is -2.47. The SMILES string of the molecule is Cc1ccc(CN(C(=O)CSCc2ccc(Cl)cc2Cl)[C@H](Cc2ccccc2)C(=O)NC2CCCCC2)cc1. The lowest BCUT2D eigenvalue weighted by molar-refractivity contribution is -0.139. The van der Waals surface area contributed by atoms with Crippen molar-refractivity contribution in [3.05, 3.63) is 105 Å². The van der Waals surface area contributed by atoms with Crippen LogP contribution in [0.25, 0.3) is 0 Å². The summed E-state index contributed by atoms with van der Waals surface area (Å²) in [7, 11) is 0. The van der Waals surface area contributed by atoms with Gasteiger partial charge in [-0.2, -0.15) is 0 Å². The third-order valence-corrected chi connectivity index (χ3v) is 8.75. The van der Waals surface area contributed by atoms with E-state index in [9.17, 15) is 9.59 Å². The molecule has 1 saturated carbocycles. The van der Waals surface area contributed by atoms with E-state index in [1.165, 1.54) is 18.2 Å². The first kappa shape index (κ1) is 29.5. The van der Waals surface area contributed by atoms with E-state index in [1.807, 2.05) is 67.6 Å². The molecule has 1 aliphatic carbocycles. The van der Waals surface area contributed by atoms with Gasteiger partial charge in [0, 0.05) is 34.8 Å². The maximum atomic E-state index is 13.8. The quantitative estimate of drug-likeness (QED) is 0.253. The van der Waals surface area contributed by atoms with E-state index in [0.717, 1.165) is 47.9 Å². The van der Waals surface area contributed by atoms with Gasteiger partial charge in [-0.25, -0.2) is 0 Å². The van der Waals surface area contributed by atoms with Crippen molar-refractivity contribution in [2.45, 2.75) is 69.8 Å². The van der Waals surface area contributed by atoms with Crippen molar-refractivity contribution >= 4 is 46.8 Å². The van der Waals surface area contributed by atoms with Crippen LogP contribution in [0.2, 0.25) is 10.0 Å². The number of rotatable bonds is 11. The van der Waals surface area contributed by atoms with Crippen molar-refractivity contribution in [3.63, 3.8) is 0 Å². The van der Waals surface area contributed by atoms with Gasteiger partial charge >= 0.3 is 0 Å². The van der Waals surface area contributed by atoms with Gasteiger partial charge in [-0.15, -0.1) is 11.8 Å². The van der Waals surface area contributed by atoms with E-state index in [0.29, 0.717) is 28.8 Å². The van der Waals surface area contributed by atoms with Crippen molar-refractivity contribution < 1.29 is 9.59 Å². The van der Waals surface area contributed by atoms with Crippen LogP contribution in [-0.4, -0.2) is 34.6 Å². The molecule has 206 valence electrons. The number of hydrogen-bond donors (Lipinski definition) is 1. The maximum absolute atomic E-state index is 13.8. The molecule has 0 aromatic heterocycles. The van der Waals surface area contributed by atoms with E-state index < -0.39 is 6.04 Å². The standard InChI is InChI=1S/C32H36Cl2N2O2S/c1-23-12-14-25(15-13-23)20-36(31(37)22-39-21-26-16-17-27(33)19-29(26)34)30(18-24-8-4-2-5-9-24)32(38)35-28-10-6-3-7-11-28/h2,4-5,8-9,12-17,19,28,30H,3,6-7,10-11,18,20-22H2,1H3,(H,35,38)/t30-/m1/s1. The molecule has 0 bridgehead atoms. The Morgan fingerprint density at radius 2 is 1.67 bits per heavy atom. The highest BCUT2D eigenvalue weighted by Crippen LogP contribution is 2.26. The summed E-state index contributed by atoms with van der Waals surface area (Å²) in [5.41, 5.74) is 4.12. The first-order valence-electron chi connectivity index (χ1n) is 13.6. The molecule has 1 fully saturated rings. The molecule has 0 unspecified atom stereocenters. The highest BCUT2D eigenvalue weighted by atomic mass is 35.5. The zero-order valence-electron chi connectivity index (χ0n) is 22.4. The second-order valence-corrected chi connectivity index (χ2v) is 12.1. The second kappa shape index (κ2) is 14.8. The summed E-state index contributed by atoms with van der Waals surface area (Å²) in [6, 6.07) is 23.1. The summed E-state index contributed by atoms with van der Waals surface area (Å²) in [6.07, 6.45) is 5.92. The first-order valence-corrected chi connectivity index (χ1v) is 15.5. The van der Waals surface area contributed by atoms with Crippen LogP contribution < -0.4 is 5.32 Å². The summed E-state index contributed by atoms with van der Waals surface area (Å²) >= 11 is 13.9. The molecule has 1 atom stereocenters. The van der Waals surface area contributed by atoms with E-state index in [1.54, 1.807) is 17.0 Å². The van der Waals surface area contributed by atoms with E-state index >= 15 is 0 Å². The Morgan fingerprint density at radius 1 is 0.949 bits per heavy atom. The lowest BCUT2D eigenvalue weighted by atomic mass is 9.94. The lowest BCUT2D eigenvalue weighted by Crippen LogP contribution is -2.53. The van der Waals surface area contributed by atoms with Crippen molar-refractivity contribution in [3.8, 4) is 0 Å². The van der Waals surface area contributed by atoms with Crippen LogP contribution in [0.5, 0.6) is 0 Å². The van der Waals surface area contributed by atoms with Crippen molar-refractivity contribution in [2.24, 2.45) is 0 Å². The van der Waals surface area contributed by atoms with E-state index in [2.05, 4.69) is 5.32 Å². The fraction of sp³-hybridized carbons (Fsp3) is 0.375. The molecule has 1 N–H and O–H groups in total. The summed E-state index contributed by atoms with van der Waals surface area (Å²) < 4.78 is 0. The number of hydrogen-bond acceptors (Lipinski definition) is 3. The largest absolute Gasteiger partial charge is 0.352 e. The van der Waals surface area contributed by atoms with Gasteiger partial charge < -0.3 is 10.2 Å². The Bertz CT molecular complexity index is 1230. The third kappa shape index (κ3) is 9.02. The van der Waals surface area contributed by atoms with Gasteiger partial charge in [0.05, 0.1) is 5.75 Å². The molecule has 4 rings (SSSR count). The third-order valence-electron chi connectivity index (χ3n) is 7.19. The van der Waals surface area contributed by atoms with Crippen LogP contribution in [0.4, 0.5) is 0 Å². The molecular formula is C32H36Cl2N2O2S. The van der Waals surface area contributed by atoms with Gasteiger partial charge in [0.1, 0.15) is 6.04 Å². The summed E-state index contributed by atoms with van der Waals surface area (Å²) in [5.74, 6) is 0.687. The Morgan fingerprint density at radius 3 is 2.36 bits per heavy atom. The van der Waals surface area contributed by atoms with Crippen LogP contribution in [0.15, 0.2) is 72.8 Å². The number of carbonyl (C=O) groups excluding carboxylic acids is 2. The zero-order chi connectivity index (χ0) is 27.6. The first-order chi connectivity index (χ1) is 18.9. The highest BCUT2D eigenvalue weighted by molar-refractivity contribution is 7.99. The number of thioether (sulfide) groups is 1. The Balaban J connectivity index is 1.56. The topological polar surface area (TPSA) is 49.4 Å². The van der Waals surface area contributed by atoms with Crippen LogP contribution in [0.3, 0.4) is 0 Å². The van der Waals surface area contributed by atoms with Crippen LogP contribution in [0, 0.1) is 6.92 Å². The van der Waals surface area contributed by atoms with Crippen LogP contribution in [0.1, 0.15) is 54.4 Å². The van der Waals surface area contributed by atoms with Gasteiger partial charge in [-0.1, -0.05) is 109 Å². The summed E-state index contributed by atoms with van der Waals surface area (Å²) in [6.45, 7) is 2.41. The molecule has 0 heterocycles. The lowest BCUT2D eigenvalue weighted by Gasteiger charge is -2.33. The van der Waals surface area contributed by atoms with Crippen molar-refractivity contribution in [1.82, 2.24) is 10.2 Å². The smallest absolute Gasteiger partial charge is 0.243 e. The van der Waals surface area contributed by atoms with Crippen molar-refractivity contribution in [2.75, 3.05) is 5.75 Å². The number of nitrogens with one attached hydrogen (secondary N) is 1. The van der Waals surface area contributed by atoms with Crippen molar-refractivity contribution in [1.29, 1.82) is 0 Å². The number of halogens is 2. The molecule has 3 aromatic rings. The fourth-order valence-corrected chi connectivity index (χ4v) is 6.43. The molecule has 2 amide bonds. The predicted molar refractivity (Wildman–Crippen MR) is 163 cm³/mol. The van der Waals surface area contributed by atoms with Gasteiger partial charge in [0.25, 0.3) is 0 Å². The molecule has 4 nitrogen and oxygen atoms in total. The molecule has 7 heteroatoms. The predicted octanol–water partition coefficient (Wildman–Crippen LogP) is 7.62. The minimum atomic E-state index is -0.608. The monoisotopic (exact) mass is 582 g/mol. The van der Waals surface area contributed by atoms with E-state index in [4.69, 9.17) is 23.2 Å². The van der Waals surface area contributed by atoms with Crippen LogP contribution in [-0.2, 0) is 28.3 Å². The normalized spacial score (nSPS) is 14.5. The molecule has 0 radical (unpaired) electrons. The molecular weight excluding hydrogens is 547 g/mol.